The van der Waals surface area contributed by atoms with Gasteiger partial charge in [0.25, 0.3) is 5.91 Å². The number of carbonyl (C=O) groups is 2. The van der Waals surface area contributed by atoms with E-state index in [-0.39, 0.29) is 35.8 Å². The van der Waals surface area contributed by atoms with E-state index in [1.165, 1.54) is 6.20 Å². The highest BCUT2D eigenvalue weighted by Gasteiger charge is 2.27. The van der Waals surface area contributed by atoms with Gasteiger partial charge in [0.2, 0.25) is 5.43 Å². The molecule has 9 heteroatoms. The Labute approximate surface area is 167 Å². The van der Waals surface area contributed by atoms with Crippen LogP contribution in [0.5, 0.6) is 0 Å². The van der Waals surface area contributed by atoms with Gasteiger partial charge >= 0.3 is 6.09 Å². The lowest BCUT2D eigenvalue weighted by molar-refractivity contribution is 0.0530. The maximum atomic E-state index is 14.6. The molecule has 0 spiro atoms. The Morgan fingerprint density at radius 2 is 1.97 bits per heavy atom. The Bertz CT molecular complexity index is 1020. The van der Waals surface area contributed by atoms with Gasteiger partial charge in [0, 0.05) is 30.7 Å². The zero-order chi connectivity index (χ0) is 21.3. The molecule has 2 aromatic rings. The molecule has 1 saturated carbocycles. The normalized spacial score (nSPS) is 13.9. The Kier molecular flexibility index (Phi) is 5.50. The zero-order valence-corrected chi connectivity index (χ0v) is 16.7. The summed E-state index contributed by atoms with van der Waals surface area (Å²) in [4.78, 5) is 35.8. The second-order valence-electron chi connectivity index (χ2n) is 8.08. The minimum atomic E-state index is -0.831. The Balaban J connectivity index is 1.80. The summed E-state index contributed by atoms with van der Waals surface area (Å²) in [7, 11) is 0. The first-order chi connectivity index (χ1) is 13.6. The van der Waals surface area contributed by atoms with Gasteiger partial charge in [0.15, 0.2) is 0 Å². The highest BCUT2D eigenvalue weighted by Crippen LogP contribution is 2.37. The third kappa shape index (κ3) is 4.85. The van der Waals surface area contributed by atoms with Crippen LogP contribution in [0.15, 0.2) is 23.1 Å². The second kappa shape index (κ2) is 7.73. The van der Waals surface area contributed by atoms with Gasteiger partial charge in [-0.15, -0.1) is 0 Å². The van der Waals surface area contributed by atoms with Crippen molar-refractivity contribution in [3.63, 3.8) is 0 Å². The molecule has 1 aliphatic rings. The summed E-state index contributed by atoms with van der Waals surface area (Å²) in [5.41, 5.74) is 4.71. The molecule has 3 rings (SSSR count). The molecule has 156 valence electrons. The van der Waals surface area contributed by atoms with E-state index in [2.05, 4.69) is 10.6 Å². The van der Waals surface area contributed by atoms with Crippen molar-refractivity contribution >= 4 is 28.6 Å². The fraction of sp³-hybridized carbons (Fsp3) is 0.450. The van der Waals surface area contributed by atoms with Crippen molar-refractivity contribution < 1.29 is 18.7 Å². The van der Waals surface area contributed by atoms with Crippen LogP contribution >= 0.6 is 0 Å². The Hall–Kier alpha value is -3.10. The van der Waals surface area contributed by atoms with Gasteiger partial charge in [-0.3, -0.25) is 9.59 Å². The van der Waals surface area contributed by atoms with E-state index in [0.29, 0.717) is 5.52 Å². The molecule has 4 N–H and O–H groups in total. The molecule has 1 aromatic carbocycles. The number of primary amides is 1. The molecule has 0 radical (unpaired) electrons. The molecule has 0 unspecified atom stereocenters. The topological polar surface area (TPSA) is 115 Å². The molecule has 2 amide bonds. The fourth-order valence-corrected chi connectivity index (χ4v) is 3.01. The average Bonchev–Trinajstić information content (AvgIpc) is 3.43. The summed E-state index contributed by atoms with van der Waals surface area (Å²) >= 11 is 0. The van der Waals surface area contributed by atoms with Crippen LogP contribution in [0.1, 0.15) is 50.0 Å². The lowest BCUT2D eigenvalue weighted by Gasteiger charge is -2.20. The highest BCUT2D eigenvalue weighted by atomic mass is 19.1. The van der Waals surface area contributed by atoms with E-state index in [9.17, 15) is 18.8 Å². The summed E-state index contributed by atoms with van der Waals surface area (Å²) < 4.78 is 21.5. The molecule has 1 aromatic heterocycles. The van der Waals surface area contributed by atoms with Crippen molar-refractivity contribution in [2.45, 2.75) is 45.3 Å². The number of alkyl carbamates (subject to hydrolysis) is 1. The number of aromatic nitrogens is 1. The molecule has 0 bridgehead atoms. The maximum Gasteiger partial charge on any atom is 0.407 e. The van der Waals surface area contributed by atoms with Crippen LogP contribution in [0.25, 0.3) is 10.9 Å². The SMILES string of the molecule is CC(C)(C)OC(=O)NCCNc1cc2c(cc1F)c(=O)c(C(N)=O)cn2C1CC1. The van der Waals surface area contributed by atoms with Crippen molar-refractivity contribution in [3.05, 3.63) is 39.9 Å². The van der Waals surface area contributed by atoms with E-state index < -0.39 is 28.8 Å². The first kappa shape index (κ1) is 20.6. The van der Waals surface area contributed by atoms with Crippen LogP contribution in [0, 0.1) is 5.82 Å². The molecule has 0 aliphatic heterocycles. The van der Waals surface area contributed by atoms with Gasteiger partial charge in [-0.25, -0.2) is 9.18 Å². The lowest BCUT2D eigenvalue weighted by Crippen LogP contribution is -2.35. The molecule has 1 aliphatic carbocycles. The molecular weight excluding hydrogens is 379 g/mol. The van der Waals surface area contributed by atoms with Crippen LogP contribution < -0.4 is 21.8 Å². The average molecular weight is 404 g/mol. The van der Waals surface area contributed by atoms with Crippen LogP contribution in [0.4, 0.5) is 14.9 Å². The van der Waals surface area contributed by atoms with E-state index in [1.54, 1.807) is 31.4 Å². The van der Waals surface area contributed by atoms with E-state index in [4.69, 9.17) is 10.5 Å². The molecule has 0 atom stereocenters. The van der Waals surface area contributed by atoms with E-state index in [1.807, 2.05) is 0 Å². The number of ether oxygens (including phenoxy) is 1. The smallest absolute Gasteiger partial charge is 0.407 e. The van der Waals surface area contributed by atoms with Gasteiger partial charge in [-0.05, 0) is 45.7 Å². The number of hydrogen-bond acceptors (Lipinski definition) is 5. The fourth-order valence-electron chi connectivity index (χ4n) is 3.01. The number of nitrogens with one attached hydrogen (secondary N) is 2. The monoisotopic (exact) mass is 404 g/mol. The summed E-state index contributed by atoms with van der Waals surface area (Å²) in [5, 5.41) is 5.61. The predicted molar refractivity (Wildman–Crippen MR) is 108 cm³/mol. The number of halogens is 1. The van der Waals surface area contributed by atoms with Crippen molar-refractivity contribution in [1.82, 2.24) is 9.88 Å². The van der Waals surface area contributed by atoms with E-state index in [0.717, 1.165) is 18.9 Å². The standard InChI is InChI=1S/C20H25FN4O4/c1-20(2,3)29-19(28)24-7-6-23-15-9-16-12(8-14(15)21)17(26)13(18(22)27)10-25(16)11-4-5-11/h8-11,23H,4-7H2,1-3H3,(H2,22,27)(H,24,28). The Morgan fingerprint density at radius 3 is 2.55 bits per heavy atom. The number of nitrogens with two attached hydrogens (primary N) is 1. The largest absolute Gasteiger partial charge is 0.444 e. The number of rotatable bonds is 6. The molecule has 0 saturated heterocycles. The van der Waals surface area contributed by atoms with Crippen molar-refractivity contribution in [3.8, 4) is 0 Å². The highest BCUT2D eigenvalue weighted by molar-refractivity contribution is 5.96. The summed E-state index contributed by atoms with van der Waals surface area (Å²) in [6.45, 7) is 5.77. The van der Waals surface area contributed by atoms with Crippen LogP contribution in [-0.4, -0.2) is 35.3 Å². The number of amides is 2. The number of carbonyl (C=O) groups excluding carboxylic acids is 2. The first-order valence-corrected chi connectivity index (χ1v) is 9.46. The first-order valence-electron chi connectivity index (χ1n) is 9.46. The number of pyridine rings is 1. The minimum Gasteiger partial charge on any atom is -0.444 e. The van der Waals surface area contributed by atoms with Gasteiger partial charge in [0.05, 0.1) is 11.2 Å². The molecule has 1 fully saturated rings. The summed E-state index contributed by atoms with van der Waals surface area (Å²) in [6, 6.07) is 2.82. The van der Waals surface area contributed by atoms with Gasteiger partial charge in [0.1, 0.15) is 17.0 Å². The van der Waals surface area contributed by atoms with Gasteiger partial charge in [-0.1, -0.05) is 0 Å². The number of fused-ring (bicyclic) bond motifs is 1. The number of hydrogen-bond donors (Lipinski definition) is 3. The van der Waals surface area contributed by atoms with E-state index >= 15 is 0 Å². The van der Waals surface area contributed by atoms with Crippen LogP contribution in [0.2, 0.25) is 0 Å². The quantitative estimate of drug-likeness (QED) is 0.640. The molecule has 1 heterocycles. The lowest BCUT2D eigenvalue weighted by atomic mass is 10.1. The third-order valence-electron chi connectivity index (χ3n) is 4.44. The van der Waals surface area contributed by atoms with Gasteiger partial charge < -0.3 is 25.7 Å². The number of nitrogens with zero attached hydrogens (tertiary/aromatic N) is 1. The summed E-state index contributed by atoms with van der Waals surface area (Å²) in [5.74, 6) is -1.46. The molecular formula is C20H25FN4O4. The minimum absolute atomic E-state index is 0.114. The summed E-state index contributed by atoms with van der Waals surface area (Å²) in [6.07, 6.45) is 2.72. The second-order valence-corrected chi connectivity index (χ2v) is 8.08. The number of benzene rings is 1. The van der Waals surface area contributed by atoms with Crippen molar-refractivity contribution in [2.75, 3.05) is 18.4 Å². The maximum absolute atomic E-state index is 14.6. The van der Waals surface area contributed by atoms with Gasteiger partial charge in [-0.2, -0.15) is 0 Å². The van der Waals surface area contributed by atoms with Crippen LogP contribution in [-0.2, 0) is 4.74 Å². The van der Waals surface area contributed by atoms with Crippen molar-refractivity contribution in [2.24, 2.45) is 5.73 Å². The third-order valence-corrected chi connectivity index (χ3v) is 4.44. The Morgan fingerprint density at radius 1 is 1.28 bits per heavy atom. The predicted octanol–water partition coefficient (Wildman–Crippen LogP) is 2.51. The molecule has 29 heavy (non-hydrogen) atoms. The van der Waals surface area contributed by atoms with Crippen LogP contribution in [0.3, 0.4) is 0 Å². The number of anilines is 1. The van der Waals surface area contributed by atoms with Crippen molar-refractivity contribution in [1.29, 1.82) is 0 Å². The zero-order valence-electron chi connectivity index (χ0n) is 16.7. The molecule has 8 nitrogen and oxygen atoms in total.